The van der Waals surface area contributed by atoms with E-state index in [9.17, 15) is 4.79 Å². The van der Waals surface area contributed by atoms with E-state index in [1.165, 1.54) is 6.08 Å². The number of benzene rings is 2. The molecule has 3 rings (SSSR count). The molecule has 0 saturated carbocycles. The van der Waals surface area contributed by atoms with Crippen molar-refractivity contribution in [2.75, 3.05) is 13.2 Å². The molecule has 0 aliphatic heterocycles. The Kier molecular flexibility index (Phi) is 7.20. The van der Waals surface area contributed by atoms with Gasteiger partial charge < -0.3 is 15.4 Å². The maximum absolute atomic E-state index is 11.0. The Morgan fingerprint density at radius 2 is 1.93 bits per heavy atom. The van der Waals surface area contributed by atoms with E-state index in [2.05, 4.69) is 28.2 Å². The number of aliphatic hydroxyl groups excluding tert-OH is 1. The zero-order valence-corrected chi connectivity index (χ0v) is 15.9. The molecule has 0 radical (unpaired) electrons. The number of carbonyl (C=O) groups is 1. The van der Waals surface area contributed by atoms with Gasteiger partial charge in [-0.05, 0) is 47.7 Å². The summed E-state index contributed by atoms with van der Waals surface area (Å²) in [6, 6.07) is 15.9. The maximum atomic E-state index is 11.0. The van der Waals surface area contributed by atoms with Gasteiger partial charge in [0.1, 0.15) is 6.61 Å². The second-order valence-corrected chi connectivity index (χ2v) is 6.46. The van der Waals surface area contributed by atoms with E-state index in [1.807, 2.05) is 42.5 Å². The smallest absolute Gasteiger partial charge is 0.267 e. The summed E-state index contributed by atoms with van der Waals surface area (Å²) in [4.78, 5) is 14.3. The predicted molar refractivity (Wildman–Crippen MR) is 113 cm³/mol. The Labute approximate surface area is 169 Å². The van der Waals surface area contributed by atoms with E-state index in [0.717, 1.165) is 52.8 Å². The molecule has 2 aromatic carbocycles. The van der Waals surface area contributed by atoms with Crippen molar-refractivity contribution < 1.29 is 15.1 Å². The second kappa shape index (κ2) is 10.2. The lowest BCUT2D eigenvalue weighted by Gasteiger charge is -2.06. The van der Waals surface area contributed by atoms with E-state index in [-0.39, 0.29) is 6.61 Å². The molecule has 6 heteroatoms. The SMILES string of the molecule is O=C(C=Cc1ccc(CNCCc2c(C#CCO)[nH]c3ccccc23)cc1)NO. The van der Waals surface area contributed by atoms with Crippen LogP contribution in [0.15, 0.2) is 54.6 Å². The minimum absolute atomic E-state index is 0.164. The molecule has 0 aliphatic carbocycles. The number of carbonyl (C=O) groups excluding carboxylic acids is 1. The van der Waals surface area contributed by atoms with Crippen LogP contribution in [0.3, 0.4) is 0 Å². The Morgan fingerprint density at radius 3 is 2.69 bits per heavy atom. The van der Waals surface area contributed by atoms with Gasteiger partial charge in [-0.15, -0.1) is 0 Å². The van der Waals surface area contributed by atoms with Crippen LogP contribution < -0.4 is 10.8 Å². The number of para-hydroxylation sites is 1. The van der Waals surface area contributed by atoms with Crippen LogP contribution in [0.1, 0.15) is 22.4 Å². The number of nitrogens with one attached hydrogen (secondary N) is 3. The predicted octanol–water partition coefficient (Wildman–Crippen LogP) is 2.36. The highest BCUT2D eigenvalue weighted by Gasteiger charge is 2.09. The summed E-state index contributed by atoms with van der Waals surface area (Å²) < 4.78 is 0. The molecule has 148 valence electrons. The topological polar surface area (TPSA) is 97.4 Å². The van der Waals surface area contributed by atoms with E-state index in [0.29, 0.717) is 0 Å². The van der Waals surface area contributed by atoms with Crippen LogP contribution in [-0.2, 0) is 17.8 Å². The van der Waals surface area contributed by atoms with Crippen LogP contribution in [-0.4, -0.2) is 34.4 Å². The van der Waals surface area contributed by atoms with Crippen LogP contribution >= 0.6 is 0 Å². The Hall–Kier alpha value is -3.37. The molecule has 29 heavy (non-hydrogen) atoms. The Balaban J connectivity index is 1.58. The molecule has 0 spiro atoms. The second-order valence-electron chi connectivity index (χ2n) is 6.46. The molecule has 0 bridgehead atoms. The van der Waals surface area contributed by atoms with E-state index >= 15 is 0 Å². The maximum Gasteiger partial charge on any atom is 0.267 e. The summed E-state index contributed by atoms with van der Waals surface area (Å²) in [5, 5.41) is 22.1. The highest BCUT2D eigenvalue weighted by molar-refractivity contribution is 5.90. The first-order chi connectivity index (χ1) is 14.2. The first kappa shape index (κ1) is 20.4. The standard InChI is InChI=1S/C23H23N3O3/c27-15-3-6-22-20(19-4-1-2-5-21(19)25-22)13-14-24-16-18-9-7-17(8-10-18)11-12-23(28)26-29/h1-2,4-5,7-12,24-25,27,29H,13-16H2,(H,26,28). The fourth-order valence-corrected chi connectivity index (χ4v) is 3.10. The normalized spacial score (nSPS) is 10.8. The van der Waals surface area contributed by atoms with Crippen molar-refractivity contribution in [1.29, 1.82) is 0 Å². The molecule has 0 unspecified atom stereocenters. The van der Waals surface area contributed by atoms with Gasteiger partial charge in [0.05, 0.1) is 5.69 Å². The first-order valence-corrected chi connectivity index (χ1v) is 9.32. The number of hydrogen-bond acceptors (Lipinski definition) is 4. The Morgan fingerprint density at radius 1 is 1.14 bits per heavy atom. The van der Waals surface area contributed by atoms with Crippen LogP contribution in [0.5, 0.6) is 0 Å². The summed E-state index contributed by atoms with van der Waals surface area (Å²) >= 11 is 0. The number of aromatic amines is 1. The average Bonchev–Trinajstić information content (AvgIpc) is 3.11. The number of hydrogen-bond donors (Lipinski definition) is 5. The van der Waals surface area contributed by atoms with Crippen molar-refractivity contribution >= 4 is 22.9 Å². The van der Waals surface area contributed by atoms with Crippen LogP contribution in [0.4, 0.5) is 0 Å². The van der Waals surface area contributed by atoms with Crippen molar-refractivity contribution in [1.82, 2.24) is 15.8 Å². The lowest BCUT2D eigenvalue weighted by molar-refractivity contribution is -0.124. The molecular weight excluding hydrogens is 366 g/mol. The third kappa shape index (κ3) is 5.56. The number of rotatable bonds is 7. The molecule has 0 saturated heterocycles. The van der Waals surface area contributed by atoms with Crippen LogP contribution in [0.2, 0.25) is 0 Å². The number of aliphatic hydroxyl groups is 1. The van der Waals surface area contributed by atoms with Gasteiger partial charge in [0, 0.05) is 23.5 Å². The summed E-state index contributed by atoms with van der Waals surface area (Å²) in [5.74, 6) is 5.17. The minimum Gasteiger partial charge on any atom is -0.384 e. The lowest BCUT2D eigenvalue weighted by Crippen LogP contribution is -2.17. The number of fused-ring (bicyclic) bond motifs is 1. The quantitative estimate of drug-likeness (QED) is 0.141. The number of H-pyrrole nitrogens is 1. The number of hydroxylamine groups is 1. The van der Waals surface area contributed by atoms with Gasteiger partial charge in [-0.1, -0.05) is 48.4 Å². The average molecular weight is 389 g/mol. The van der Waals surface area contributed by atoms with Gasteiger partial charge in [0.2, 0.25) is 0 Å². The molecule has 6 nitrogen and oxygen atoms in total. The van der Waals surface area contributed by atoms with E-state index in [4.69, 9.17) is 10.3 Å². The van der Waals surface area contributed by atoms with Crippen molar-refractivity contribution in [3.63, 3.8) is 0 Å². The summed E-state index contributed by atoms with van der Waals surface area (Å²) in [6.07, 6.45) is 3.72. The highest BCUT2D eigenvalue weighted by Crippen LogP contribution is 2.22. The minimum atomic E-state index is -0.559. The zero-order chi connectivity index (χ0) is 20.5. The third-order valence-electron chi connectivity index (χ3n) is 4.50. The fourth-order valence-electron chi connectivity index (χ4n) is 3.10. The van der Waals surface area contributed by atoms with Gasteiger partial charge in [-0.2, -0.15) is 0 Å². The monoisotopic (exact) mass is 389 g/mol. The zero-order valence-electron chi connectivity index (χ0n) is 15.9. The third-order valence-corrected chi connectivity index (χ3v) is 4.50. The molecular formula is C23H23N3O3. The Bertz CT molecular complexity index is 1060. The molecule has 0 fully saturated rings. The van der Waals surface area contributed by atoms with Crippen molar-refractivity contribution in [3.05, 3.63) is 77.0 Å². The van der Waals surface area contributed by atoms with Crippen LogP contribution in [0.25, 0.3) is 17.0 Å². The summed E-state index contributed by atoms with van der Waals surface area (Å²) in [5.41, 5.74) is 6.62. The lowest BCUT2D eigenvalue weighted by atomic mass is 10.1. The van der Waals surface area contributed by atoms with Gasteiger partial charge in [0.25, 0.3) is 5.91 Å². The van der Waals surface area contributed by atoms with Crippen molar-refractivity contribution in [3.8, 4) is 11.8 Å². The van der Waals surface area contributed by atoms with Gasteiger partial charge in [0.15, 0.2) is 0 Å². The fraction of sp³-hybridized carbons (Fsp3) is 0.174. The molecule has 0 atom stereocenters. The molecule has 1 heterocycles. The van der Waals surface area contributed by atoms with Crippen molar-refractivity contribution in [2.24, 2.45) is 0 Å². The van der Waals surface area contributed by atoms with E-state index in [1.54, 1.807) is 11.6 Å². The first-order valence-electron chi connectivity index (χ1n) is 9.32. The van der Waals surface area contributed by atoms with Gasteiger partial charge in [-0.3, -0.25) is 10.0 Å². The number of amides is 1. The number of aromatic nitrogens is 1. The van der Waals surface area contributed by atoms with Gasteiger partial charge in [-0.25, -0.2) is 5.48 Å². The molecule has 3 aromatic rings. The molecule has 1 aromatic heterocycles. The highest BCUT2D eigenvalue weighted by atomic mass is 16.5. The van der Waals surface area contributed by atoms with Crippen molar-refractivity contribution in [2.45, 2.75) is 13.0 Å². The summed E-state index contributed by atoms with van der Waals surface area (Å²) in [6.45, 7) is 1.35. The molecule has 5 N–H and O–H groups in total. The summed E-state index contributed by atoms with van der Waals surface area (Å²) in [7, 11) is 0. The van der Waals surface area contributed by atoms with Gasteiger partial charge >= 0.3 is 0 Å². The van der Waals surface area contributed by atoms with E-state index < -0.39 is 5.91 Å². The largest absolute Gasteiger partial charge is 0.384 e. The molecule has 0 aliphatic rings. The van der Waals surface area contributed by atoms with Crippen LogP contribution in [0, 0.1) is 11.8 Å². The molecule has 1 amide bonds.